The highest BCUT2D eigenvalue weighted by molar-refractivity contribution is 6.37. The van der Waals surface area contributed by atoms with Crippen molar-refractivity contribution >= 4 is 17.6 Å². The van der Waals surface area contributed by atoms with Crippen molar-refractivity contribution in [3.05, 3.63) is 30.3 Å². The molecule has 4 nitrogen and oxygen atoms in total. The summed E-state index contributed by atoms with van der Waals surface area (Å²) < 4.78 is 0. The van der Waals surface area contributed by atoms with Gasteiger partial charge in [-0.2, -0.15) is 0 Å². The zero-order chi connectivity index (χ0) is 12.3. The Hall–Kier alpha value is -1.84. The number of benzene rings is 1. The van der Waals surface area contributed by atoms with Gasteiger partial charge < -0.3 is 5.11 Å². The average Bonchev–Trinajstić information content (AvgIpc) is 2.17. The van der Waals surface area contributed by atoms with Crippen LogP contribution in [0, 0.1) is 0 Å². The van der Waals surface area contributed by atoms with Gasteiger partial charge in [0.25, 0.3) is 0 Å². The molecule has 0 aliphatic carbocycles. The molecule has 0 fully saturated rings. The van der Waals surface area contributed by atoms with E-state index >= 15 is 0 Å². The van der Waals surface area contributed by atoms with Crippen LogP contribution in [-0.4, -0.2) is 22.5 Å². The normalized spacial score (nSPS) is 10.9. The van der Waals surface area contributed by atoms with Gasteiger partial charge in [0.1, 0.15) is 0 Å². The highest BCUT2D eigenvalue weighted by atomic mass is 16.4. The van der Waals surface area contributed by atoms with Gasteiger partial charge in [-0.3, -0.25) is 9.69 Å². The lowest BCUT2D eigenvalue weighted by Crippen LogP contribution is -2.49. The topological polar surface area (TPSA) is 57.6 Å². The Bertz CT molecular complexity index is 392. The summed E-state index contributed by atoms with van der Waals surface area (Å²) in [5.41, 5.74) is 0.0130. The van der Waals surface area contributed by atoms with Crippen LogP contribution in [0.3, 0.4) is 0 Å². The van der Waals surface area contributed by atoms with E-state index in [1.165, 1.54) is 4.90 Å². The number of rotatable bonds is 1. The van der Waals surface area contributed by atoms with Gasteiger partial charge in [0, 0.05) is 11.2 Å². The number of hydrogen-bond acceptors (Lipinski definition) is 2. The first-order valence-electron chi connectivity index (χ1n) is 4.96. The van der Waals surface area contributed by atoms with Gasteiger partial charge in [-0.1, -0.05) is 18.2 Å². The highest BCUT2D eigenvalue weighted by Crippen LogP contribution is 2.23. The predicted octanol–water partition coefficient (Wildman–Crippen LogP) is 1.90. The molecule has 1 aromatic rings. The van der Waals surface area contributed by atoms with E-state index in [4.69, 9.17) is 5.11 Å². The Morgan fingerprint density at radius 2 is 1.62 bits per heavy atom. The summed E-state index contributed by atoms with van der Waals surface area (Å²) in [4.78, 5) is 23.7. The summed E-state index contributed by atoms with van der Waals surface area (Å²) in [5.74, 6) is -2.36. The molecule has 1 amide bonds. The number of anilines is 1. The molecule has 0 aliphatic heterocycles. The molecular weight excluding hydrogens is 206 g/mol. The molecular formula is C12H15NO3. The van der Waals surface area contributed by atoms with Crippen LogP contribution in [0.1, 0.15) is 20.8 Å². The maximum Gasteiger partial charge on any atom is 0.394 e. The Balaban J connectivity index is 3.18. The van der Waals surface area contributed by atoms with Crippen molar-refractivity contribution in [2.24, 2.45) is 0 Å². The predicted molar refractivity (Wildman–Crippen MR) is 61.3 cm³/mol. The van der Waals surface area contributed by atoms with Crippen molar-refractivity contribution in [2.45, 2.75) is 26.3 Å². The SMILES string of the molecule is CC(C)(C)N(C(=O)C(=O)O)c1ccccc1. The van der Waals surface area contributed by atoms with E-state index < -0.39 is 17.4 Å². The summed E-state index contributed by atoms with van der Waals surface area (Å²) in [6, 6.07) is 8.78. The van der Waals surface area contributed by atoms with E-state index in [1.54, 1.807) is 45.0 Å². The minimum absolute atomic E-state index is 0.573. The average molecular weight is 221 g/mol. The summed E-state index contributed by atoms with van der Waals surface area (Å²) in [5, 5.41) is 8.79. The third-order valence-electron chi connectivity index (χ3n) is 2.07. The van der Waals surface area contributed by atoms with Crippen LogP contribution in [-0.2, 0) is 9.59 Å². The smallest absolute Gasteiger partial charge is 0.394 e. The monoisotopic (exact) mass is 221 g/mol. The van der Waals surface area contributed by atoms with E-state index in [1.807, 2.05) is 6.07 Å². The zero-order valence-corrected chi connectivity index (χ0v) is 9.60. The van der Waals surface area contributed by atoms with Crippen LogP contribution in [0.15, 0.2) is 30.3 Å². The van der Waals surface area contributed by atoms with Crippen molar-refractivity contribution in [2.75, 3.05) is 4.90 Å². The Morgan fingerprint density at radius 1 is 1.12 bits per heavy atom. The van der Waals surface area contributed by atoms with Gasteiger partial charge in [0.15, 0.2) is 0 Å². The number of para-hydroxylation sites is 1. The maximum absolute atomic E-state index is 11.6. The lowest BCUT2D eigenvalue weighted by atomic mass is 10.0. The highest BCUT2D eigenvalue weighted by Gasteiger charge is 2.31. The largest absolute Gasteiger partial charge is 0.474 e. The Morgan fingerprint density at radius 3 is 2.00 bits per heavy atom. The molecule has 0 radical (unpaired) electrons. The zero-order valence-electron chi connectivity index (χ0n) is 9.60. The number of carboxylic acid groups (broad SMARTS) is 1. The van der Waals surface area contributed by atoms with Gasteiger partial charge >= 0.3 is 11.9 Å². The lowest BCUT2D eigenvalue weighted by molar-refractivity contribution is -0.149. The van der Waals surface area contributed by atoms with Crippen LogP contribution < -0.4 is 4.90 Å². The number of carbonyl (C=O) groups excluding carboxylic acids is 1. The summed E-state index contributed by atoms with van der Waals surface area (Å²) in [6.45, 7) is 5.38. The van der Waals surface area contributed by atoms with Crippen molar-refractivity contribution < 1.29 is 14.7 Å². The van der Waals surface area contributed by atoms with Crippen LogP contribution in [0.4, 0.5) is 5.69 Å². The quantitative estimate of drug-likeness (QED) is 0.737. The van der Waals surface area contributed by atoms with Crippen molar-refractivity contribution in [1.82, 2.24) is 0 Å². The molecule has 0 heterocycles. The van der Waals surface area contributed by atoms with E-state index in [9.17, 15) is 9.59 Å². The van der Waals surface area contributed by atoms with Crippen LogP contribution >= 0.6 is 0 Å². The van der Waals surface area contributed by atoms with Crippen molar-refractivity contribution in [3.63, 3.8) is 0 Å². The van der Waals surface area contributed by atoms with Crippen molar-refractivity contribution in [3.8, 4) is 0 Å². The fourth-order valence-corrected chi connectivity index (χ4v) is 1.48. The Kier molecular flexibility index (Phi) is 3.32. The van der Waals surface area contributed by atoms with Gasteiger partial charge in [-0.25, -0.2) is 4.79 Å². The van der Waals surface area contributed by atoms with Crippen LogP contribution in [0.25, 0.3) is 0 Å². The van der Waals surface area contributed by atoms with Crippen LogP contribution in [0.2, 0.25) is 0 Å². The second-order valence-corrected chi connectivity index (χ2v) is 4.45. The third kappa shape index (κ3) is 2.59. The fraction of sp³-hybridized carbons (Fsp3) is 0.333. The molecule has 0 aliphatic rings. The Labute approximate surface area is 94.5 Å². The maximum atomic E-state index is 11.6. The first kappa shape index (κ1) is 12.2. The first-order valence-corrected chi connectivity index (χ1v) is 4.96. The molecule has 0 atom stereocenters. The molecule has 1 N–H and O–H groups in total. The number of amides is 1. The van der Waals surface area contributed by atoms with Crippen LogP contribution in [0.5, 0.6) is 0 Å². The summed E-state index contributed by atoms with van der Waals surface area (Å²) in [6.07, 6.45) is 0. The number of aliphatic carboxylic acids is 1. The number of hydrogen-bond donors (Lipinski definition) is 1. The van der Waals surface area contributed by atoms with E-state index in [0.29, 0.717) is 5.69 Å². The number of carbonyl (C=O) groups is 2. The molecule has 1 aromatic carbocycles. The van der Waals surface area contributed by atoms with Gasteiger partial charge in [-0.15, -0.1) is 0 Å². The molecule has 86 valence electrons. The molecule has 16 heavy (non-hydrogen) atoms. The van der Waals surface area contributed by atoms with Gasteiger partial charge in [0.05, 0.1) is 0 Å². The standard InChI is InChI=1S/C12H15NO3/c1-12(2,3)13(10(14)11(15)16)9-7-5-4-6-8-9/h4-8H,1-3H3,(H,15,16). The van der Waals surface area contributed by atoms with E-state index in [-0.39, 0.29) is 0 Å². The van der Waals surface area contributed by atoms with Gasteiger partial charge in [0.2, 0.25) is 0 Å². The molecule has 0 saturated carbocycles. The first-order chi connectivity index (χ1) is 7.34. The number of carboxylic acids is 1. The molecule has 1 rings (SSSR count). The molecule has 0 bridgehead atoms. The second-order valence-electron chi connectivity index (χ2n) is 4.45. The van der Waals surface area contributed by atoms with Gasteiger partial charge in [-0.05, 0) is 32.9 Å². The summed E-state index contributed by atoms with van der Waals surface area (Å²) >= 11 is 0. The molecule has 0 spiro atoms. The molecule has 0 saturated heterocycles. The fourth-order valence-electron chi connectivity index (χ4n) is 1.48. The van der Waals surface area contributed by atoms with E-state index in [0.717, 1.165) is 0 Å². The molecule has 0 unspecified atom stereocenters. The molecule has 4 heteroatoms. The third-order valence-corrected chi connectivity index (χ3v) is 2.07. The number of nitrogens with zero attached hydrogens (tertiary/aromatic N) is 1. The van der Waals surface area contributed by atoms with Crippen molar-refractivity contribution in [1.29, 1.82) is 0 Å². The lowest BCUT2D eigenvalue weighted by Gasteiger charge is -2.34. The minimum atomic E-state index is -1.45. The minimum Gasteiger partial charge on any atom is -0.474 e. The van der Waals surface area contributed by atoms with E-state index in [2.05, 4.69) is 0 Å². The summed E-state index contributed by atoms with van der Waals surface area (Å²) in [7, 11) is 0. The molecule has 0 aromatic heterocycles. The second kappa shape index (κ2) is 4.35.